The average molecular weight is 320 g/mol. The number of hydrogen-bond donors (Lipinski definition) is 1. The molecule has 2 rings (SSSR count). The Bertz CT molecular complexity index is 775. The fourth-order valence-electron chi connectivity index (χ4n) is 1.87. The Morgan fingerprint density at radius 1 is 1.12 bits per heavy atom. The Morgan fingerprint density at radius 3 is 2.42 bits per heavy atom. The molecule has 0 aliphatic carbocycles. The maximum atomic E-state index is 12.0. The zero-order valence-electron chi connectivity index (χ0n) is 13.1. The molecule has 0 bridgehead atoms. The summed E-state index contributed by atoms with van der Waals surface area (Å²) in [7, 11) is 0. The first kappa shape index (κ1) is 17.0. The quantitative estimate of drug-likeness (QED) is 0.678. The number of nitrogens with one attached hydrogen (secondary N) is 1. The van der Waals surface area contributed by atoms with Gasteiger partial charge in [-0.3, -0.25) is 4.79 Å². The van der Waals surface area contributed by atoms with E-state index in [1.807, 2.05) is 36.4 Å². The van der Waals surface area contributed by atoms with E-state index in [-0.39, 0.29) is 0 Å². The highest BCUT2D eigenvalue weighted by Crippen LogP contribution is 2.10. The molecule has 2 aromatic rings. The monoisotopic (exact) mass is 320 g/mol. The van der Waals surface area contributed by atoms with E-state index < -0.39 is 18.0 Å². The first-order chi connectivity index (χ1) is 11.6. The van der Waals surface area contributed by atoms with Gasteiger partial charge >= 0.3 is 5.97 Å². The van der Waals surface area contributed by atoms with Crippen LogP contribution in [0.5, 0.6) is 0 Å². The maximum absolute atomic E-state index is 12.0. The molecule has 0 unspecified atom stereocenters. The van der Waals surface area contributed by atoms with E-state index in [0.29, 0.717) is 11.3 Å². The molecule has 0 radical (unpaired) electrons. The van der Waals surface area contributed by atoms with Crippen molar-refractivity contribution in [2.75, 3.05) is 5.32 Å². The first-order valence-electron chi connectivity index (χ1n) is 7.33. The lowest BCUT2D eigenvalue weighted by atomic mass is 10.2. The average Bonchev–Trinajstić information content (AvgIpc) is 2.61. The summed E-state index contributed by atoms with van der Waals surface area (Å²) in [6.07, 6.45) is 1.96. The SMILES string of the molecule is C[C@H](OC(=O)/C=C/c1ccccc1)C(=O)Nc1ccc(C#N)cc1. The van der Waals surface area contributed by atoms with E-state index in [2.05, 4.69) is 5.32 Å². The summed E-state index contributed by atoms with van der Waals surface area (Å²) < 4.78 is 5.06. The van der Waals surface area contributed by atoms with Gasteiger partial charge in [0.05, 0.1) is 11.6 Å². The van der Waals surface area contributed by atoms with E-state index >= 15 is 0 Å². The van der Waals surface area contributed by atoms with Gasteiger partial charge in [0, 0.05) is 11.8 Å². The minimum absolute atomic E-state index is 0.443. The Morgan fingerprint density at radius 2 is 1.79 bits per heavy atom. The summed E-state index contributed by atoms with van der Waals surface area (Å²) >= 11 is 0. The van der Waals surface area contributed by atoms with Crippen LogP contribution in [0.15, 0.2) is 60.7 Å². The number of rotatable bonds is 5. The van der Waals surface area contributed by atoms with Crippen LogP contribution < -0.4 is 5.32 Å². The summed E-state index contributed by atoms with van der Waals surface area (Å²) in [4.78, 5) is 23.7. The Labute approximate surface area is 140 Å². The molecule has 0 saturated carbocycles. The summed E-state index contributed by atoms with van der Waals surface area (Å²) in [5.74, 6) is -1.04. The predicted molar refractivity (Wildman–Crippen MR) is 90.8 cm³/mol. The highest BCUT2D eigenvalue weighted by Gasteiger charge is 2.16. The van der Waals surface area contributed by atoms with E-state index in [1.54, 1.807) is 30.3 Å². The Kier molecular flexibility index (Phi) is 5.87. The van der Waals surface area contributed by atoms with Crippen molar-refractivity contribution in [2.24, 2.45) is 0 Å². The molecule has 1 amide bonds. The van der Waals surface area contributed by atoms with Crippen molar-refractivity contribution in [3.8, 4) is 6.07 Å². The van der Waals surface area contributed by atoms with Gasteiger partial charge in [-0.1, -0.05) is 30.3 Å². The largest absolute Gasteiger partial charge is 0.449 e. The highest BCUT2D eigenvalue weighted by molar-refractivity contribution is 5.96. The third-order valence-electron chi connectivity index (χ3n) is 3.16. The fraction of sp³-hybridized carbons (Fsp3) is 0.105. The van der Waals surface area contributed by atoms with Gasteiger partial charge in [-0.2, -0.15) is 5.26 Å². The molecule has 5 nitrogen and oxygen atoms in total. The Balaban J connectivity index is 1.87. The van der Waals surface area contributed by atoms with Crippen molar-refractivity contribution in [1.82, 2.24) is 0 Å². The normalized spacial score (nSPS) is 11.5. The lowest BCUT2D eigenvalue weighted by molar-refractivity contribution is -0.148. The highest BCUT2D eigenvalue weighted by atomic mass is 16.5. The zero-order valence-corrected chi connectivity index (χ0v) is 13.1. The van der Waals surface area contributed by atoms with Crippen LogP contribution in [0.4, 0.5) is 5.69 Å². The van der Waals surface area contributed by atoms with Gasteiger partial charge in [0.1, 0.15) is 0 Å². The van der Waals surface area contributed by atoms with Crippen LogP contribution in [-0.4, -0.2) is 18.0 Å². The molecule has 0 aliphatic rings. The van der Waals surface area contributed by atoms with E-state index in [1.165, 1.54) is 13.0 Å². The second kappa shape index (κ2) is 8.30. The van der Waals surface area contributed by atoms with Crippen molar-refractivity contribution in [3.63, 3.8) is 0 Å². The fourth-order valence-corrected chi connectivity index (χ4v) is 1.87. The minimum atomic E-state index is -0.937. The molecule has 0 fully saturated rings. The summed E-state index contributed by atoms with van der Waals surface area (Å²) in [5, 5.41) is 11.4. The molecule has 1 atom stereocenters. The van der Waals surface area contributed by atoms with Crippen molar-refractivity contribution in [3.05, 3.63) is 71.8 Å². The number of hydrogen-bond acceptors (Lipinski definition) is 4. The van der Waals surface area contributed by atoms with Crippen LogP contribution in [-0.2, 0) is 14.3 Å². The van der Waals surface area contributed by atoms with E-state index in [9.17, 15) is 9.59 Å². The lowest BCUT2D eigenvalue weighted by Crippen LogP contribution is -2.29. The number of amides is 1. The summed E-state index contributed by atoms with van der Waals surface area (Å²) in [6.45, 7) is 1.49. The topological polar surface area (TPSA) is 79.2 Å². The number of anilines is 1. The van der Waals surface area contributed by atoms with Gasteiger partial charge in [-0.25, -0.2) is 4.79 Å². The number of ether oxygens (including phenoxy) is 1. The van der Waals surface area contributed by atoms with Crippen molar-refractivity contribution in [1.29, 1.82) is 5.26 Å². The van der Waals surface area contributed by atoms with Gasteiger partial charge in [0.15, 0.2) is 6.10 Å². The van der Waals surface area contributed by atoms with Crippen molar-refractivity contribution >= 4 is 23.6 Å². The molecular weight excluding hydrogens is 304 g/mol. The van der Waals surface area contributed by atoms with Crippen LogP contribution in [0.2, 0.25) is 0 Å². The lowest BCUT2D eigenvalue weighted by Gasteiger charge is -2.12. The van der Waals surface area contributed by atoms with Gasteiger partial charge in [-0.15, -0.1) is 0 Å². The maximum Gasteiger partial charge on any atom is 0.331 e. The van der Waals surface area contributed by atoms with Crippen molar-refractivity contribution in [2.45, 2.75) is 13.0 Å². The molecule has 0 heterocycles. The van der Waals surface area contributed by atoms with E-state index in [0.717, 1.165) is 5.56 Å². The number of carbonyl (C=O) groups is 2. The third kappa shape index (κ3) is 5.11. The standard InChI is InChI=1S/C19H16N2O3/c1-14(19(23)21-17-10-7-16(13-20)8-11-17)24-18(22)12-9-15-5-3-2-4-6-15/h2-12,14H,1H3,(H,21,23)/b12-9+/t14-/m0/s1. The second-order valence-corrected chi connectivity index (χ2v) is 5.00. The summed E-state index contributed by atoms with van der Waals surface area (Å²) in [5.41, 5.74) is 1.89. The van der Waals surface area contributed by atoms with Gasteiger partial charge in [0.2, 0.25) is 0 Å². The number of benzene rings is 2. The van der Waals surface area contributed by atoms with Gasteiger partial charge in [-0.05, 0) is 42.8 Å². The number of carbonyl (C=O) groups excluding carboxylic acids is 2. The molecular formula is C19H16N2O3. The van der Waals surface area contributed by atoms with Gasteiger partial charge in [0.25, 0.3) is 5.91 Å². The molecule has 0 spiro atoms. The molecule has 5 heteroatoms. The third-order valence-corrected chi connectivity index (χ3v) is 3.16. The molecule has 120 valence electrons. The van der Waals surface area contributed by atoms with Crippen LogP contribution in [0.3, 0.4) is 0 Å². The number of nitriles is 1. The van der Waals surface area contributed by atoms with Crippen LogP contribution in [0.1, 0.15) is 18.1 Å². The minimum Gasteiger partial charge on any atom is -0.449 e. The van der Waals surface area contributed by atoms with Crippen LogP contribution in [0.25, 0.3) is 6.08 Å². The van der Waals surface area contributed by atoms with Crippen molar-refractivity contribution < 1.29 is 14.3 Å². The zero-order chi connectivity index (χ0) is 17.4. The molecule has 0 aromatic heterocycles. The summed E-state index contributed by atoms with van der Waals surface area (Å²) in [6, 6.07) is 17.7. The molecule has 24 heavy (non-hydrogen) atoms. The molecule has 0 saturated heterocycles. The second-order valence-electron chi connectivity index (χ2n) is 5.00. The molecule has 0 aliphatic heterocycles. The van der Waals surface area contributed by atoms with Crippen LogP contribution in [0, 0.1) is 11.3 Å². The number of nitrogens with zero attached hydrogens (tertiary/aromatic N) is 1. The van der Waals surface area contributed by atoms with E-state index in [4.69, 9.17) is 10.00 Å². The van der Waals surface area contributed by atoms with Crippen LogP contribution >= 0.6 is 0 Å². The molecule has 1 N–H and O–H groups in total. The number of esters is 1. The van der Waals surface area contributed by atoms with Gasteiger partial charge < -0.3 is 10.1 Å². The predicted octanol–water partition coefficient (Wildman–Crippen LogP) is 3.14. The smallest absolute Gasteiger partial charge is 0.331 e. The Hall–Kier alpha value is -3.39. The molecule has 2 aromatic carbocycles. The first-order valence-corrected chi connectivity index (χ1v) is 7.33.